The molecule has 17 heavy (non-hydrogen) atoms. The van der Waals surface area contributed by atoms with Gasteiger partial charge in [-0.25, -0.2) is 0 Å². The smallest absolute Gasteiger partial charge is 0.0686 e. The summed E-state index contributed by atoms with van der Waals surface area (Å²) in [5.74, 6) is 0.798. The number of hydrogen-bond acceptors (Lipinski definition) is 3. The van der Waals surface area contributed by atoms with Gasteiger partial charge in [-0.15, -0.1) is 0 Å². The maximum absolute atomic E-state index is 9.91. The summed E-state index contributed by atoms with van der Waals surface area (Å²) in [6.07, 6.45) is 4.45. The lowest BCUT2D eigenvalue weighted by molar-refractivity contribution is 0.198. The van der Waals surface area contributed by atoms with Crippen LogP contribution in [0.2, 0.25) is 0 Å². The third kappa shape index (κ3) is 5.55. The van der Waals surface area contributed by atoms with E-state index >= 15 is 0 Å². The number of thioether (sulfide) groups is 1. The predicted octanol–water partition coefficient (Wildman–Crippen LogP) is 3.08. The lowest BCUT2D eigenvalue weighted by atomic mass is 10.1. The van der Waals surface area contributed by atoms with Gasteiger partial charge in [-0.2, -0.15) is 11.8 Å². The zero-order valence-corrected chi connectivity index (χ0v) is 11.8. The van der Waals surface area contributed by atoms with Gasteiger partial charge >= 0.3 is 0 Å². The molecule has 0 aliphatic carbocycles. The van der Waals surface area contributed by atoms with Crippen LogP contribution in [-0.2, 0) is 12.8 Å². The van der Waals surface area contributed by atoms with E-state index in [1.807, 2.05) is 24.0 Å². The Morgan fingerprint density at radius 2 is 2.12 bits per heavy atom. The number of nitrogens with zero attached hydrogens (tertiary/aromatic N) is 1. The van der Waals surface area contributed by atoms with Crippen molar-refractivity contribution in [3.8, 4) is 0 Å². The second-order valence-electron chi connectivity index (χ2n) is 4.42. The van der Waals surface area contributed by atoms with E-state index in [-0.39, 0.29) is 6.10 Å². The van der Waals surface area contributed by atoms with Crippen LogP contribution in [0.4, 0.5) is 0 Å². The Morgan fingerprint density at radius 3 is 2.65 bits per heavy atom. The number of hydrogen-bond donors (Lipinski definition) is 1. The van der Waals surface area contributed by atoms with Gasteiger partial charge in [0.25, 0.3) is 0 Å². The molecule has 0 aliphatic rings. The van der Waals surface area contributed by atoms with Gasteiger partial charge in [-0.3, -0.25) is 4.98 Å². The zero-order chi connectivity index (χ0) is 12.7. The first-order valence-electron chi connectivity index (χ1n) is 6.39. The lowest BCUT2D eigenvalue weighted by Gasteiger charge is -2.13. The van der Waals surface area contributed by atoms with Crippen molar-refractivity contribution in [1.82, 2.24) is 4.98 Å². The molecule has 0 bridgehead atoms. The van der Waals surface area contributed by atoms with E-state index in [1.165, 1.54) is 5.56 Å². The van der Waals surface area contributed by atoms with E-state index in [4.69, 9.17) is 0 Å². The molecule has 1 heterocycles. The Morgan fingerprint density at radius 1 is 1.35 bits per heavy atom. The van der Waals surface area contributed by atoms with Crippen LogP contribution in [0.25, 0.3) is 0 Å². The Balaban J connectivity index is 2.36. The standard InChI is InChI=1S/C14H23NOS/c1-4-11(3)17-10-14(16)8-13-7-6-12(5-2)9-15-13/h6-7,9,11,14,16H,4-5,8,10H2,1-3H3. The molecule has 0 amide bonds. The van der Waals surface area contributed by atoms with Gasteiger partial charge in [-0.05, 0) is 24.5 Å². The molecule has 0 aromatic carbocycles. The van der Waals surface area contributed by atoms with Crippen molar-refractivity contribution in [2.45, 2.75) is 51.4 Å². The van der Waals surface area contributed by atoms with E-state index < -0.39 is 0 Å². The molecule has 1 aromatic rings. The maximum Gasteiger partial charge on any atom is 0.0686 e. The quantitative estimate of drug-likeness (QED) is 0.810. The maximum atomic E-state index is 9.91. The minimum Gasteiger partial charge on any atom is -0.392 e. The number of aliphatic hydroxyl groups excluding tert-OH is 1. The van der Waals surface area contributed by atoms with E-state index in [2.05, 4.69) is 31.8 Å². The molecular formula is C14H23NOS. The highest BCUT2D eigenvalue weighted by molar-refractivity contribution is 7.99. The second kappa shape index (κ2) is 7.72. The SMILES string of the molecule is CCc1ccc(CC(O)CSC(C)CC)nc1. The molecular weight excluding hydrogens is 230 g/mol. The molecule has 2 unspecified atom stereocenters. The summed E-state index contributed by atoms with van der Waals surface area (Å²) in [4.78, 5) is 4.37. The van der Waals surface area contributed by atoms with E-state index in [0.717, 1.165) is 24.3 Å². The van der Waals surface area contributed by atoms with Crippen molar-refractivity contribution in [2.75, 3.05) is 5.75 Å². The van der Waals surface area contributed by atoms with Gasteiger partial charge in [0.05, 0.1) is 6.10 Å². The Kier molecular flexibility index (Phi) is 6.60. The molecule has 0 radical (unpaired) electrons. The molecule has 0 fully saturated rings. The van der Waals surface area contributed by atoms with Crippen molar-refractivity contribution in [2.24, 2.45) is 0 Å². The van der Waals surface area contributed by atoms with Crippen LogP contribution in [-0.4, -0.2) is 27.2 Å². The van der Waals surface area contributed by atoms with Crippen LogP contribution in [0.15, 0.2) is 18.3 Å². The monoisotopic (exact) mass is 253 g/mol. The van der Waals surface area contributed by atoms with Crippen molar-refractivity contribution >= 4 is 11.8 Å². The number of pyridine rings is 1. The van der Waals surface area contributed by atoms with Crippen LogP contribution in [0, 0.1) is 0 Å². The highest BCUT2D eigenvalue weighted by Gasteiger charge is 2.09. The van der Waals surface area contributed by atoms with Gasteiger partial charge in [-0.1, -0.05) is 26.8 Å². The largest absolute Gasteiger partial charge is 0.392 e. The normalized spacial score (nSPS) is 14.6. The summed E-state index contributed by atoms with van der Waals surface area (Å²) in [5, 5.41) is 10.5. The third-order valence-electron chi connectivity index (χ3n) is 2.89. The minimum atomic E-state index is -0.283. The molecule has 0 spiro atoms. The highest BCUT2D eigenvalue weighted by atomic mass is 32.2. The van der Waals surface area contributed by atoms with E-state index in [9.17, 15) is 5.11 Å². The molecule has 1 aromatic heterocycles. The molecule has 0 saturated heterocycles. The average Bonchev–Trinajstić information content (AvgIpc) is 2.36. The average molecular weight is 253 g/mol. The number of aliphatic hydroxyl groups is 1. The van der Waals surface area contributed by atoms with Crippen LogP contribution >= 0.6 is 11.8 Å². The fourth-order valence-electron chi connectivity index (χ4n) is 1.48. The molecule has 96 valence electrons. The first-order valence-corrected chi connectivity index (χ1v) is 7.44. The Bertz CT molecular complexity index is 313. The van der Waals surface area contributed by atoms with E-state index in [1.54, 1.807) is 0 Å². The topological polar surface area (TPSA) is 33.1 Å². The fourth-order valence-corrected chi connectivity index (χ4v) is 2.38. The van der Waals surface area contributed by atoms with Gasteiger partial charge in [0.1, 0.15) is 0 Å². The second-order valence-corrected chi connectivity index (χ2v) is 5.89. The number of rotatable bonds is 7. The van der Waals surface area contributed by atoms with Crippen LogP contribution in [0.3, 0.4) is 0 Å². The third-order valence-corrected chi connectivity index (χ3v) is 4.37. The predicted molar refractivity (Wildman–Crippen MR) is 75.5 cm³/mol. The van der Waals surface area contributed by atoms with Gasteiger partial charge in [0.2, 0.25) is 0 Å². The Labute approximate surface area is 109 Å². The molecule has 2 nitrogen and oxygen atoms in total. The highest BCUT2D eigenvalue weighted by Crippen LogP contribution is 2.16. The van der Waals surface area contributed by atoms with Crippen molar-refractivity contribution in [3.63, 3.8) is 0 Å². The van der Waals surface area contributed by atoms with Crippen LogP contribution in [0.1, 0.15) is 38.4 Å². The number of aromatic nitrogens is 1. The summed E-state index contributed by atoms with van der Waals surface area (Å²) >= 11 is 1.83. The zero-order valence-electron chi connectivity index (χ0n) is 11.0. The summed E-state index contributed by atoms with van der Waals surface area (Å²) in [5.41, 5.74) is 2.23. The first-order chi connectivity index (χ1) is 8.15. The van der Waals surface area contributed by atoms with Gasteiger partial charge in [0, 0.05) is 29.3 Å². The summed E-state index contributed by atoms with van der Waals surface area (Å²) in [7, 11) is 0. The van der Waals surface area contributed by atoms with Crippen molar-refractivity contribution < 1.29 is 5.11 Å². The van der Waals surface area contributed by atoms with Gasteiger partial charge in [0.15, 0.2) is 0 Å². The molecule has 2 atom stereocenters. The fraction of sp³-hybridized carbons (Fsp3) is 0.643. The molecule has 1 rings (SSSR count). The molecule has 0 saturated carbocycles. The molecule has 1 N–H and O–H groups in total. The summed E-state index contributed by atoms with van der Waals surface area (Å²) in [6, 6.07) is 4.12. The molecule has 0 aliphatic heterocycles. The van der Waals surface area contributed by atoms with Gasteiger partial charge < -0.3 is 5.11 Å². The minimum absolute atomic E-state index is 0.283. The van der Waals surface area contributed by atoms with E-state index in [0.29, 0.717) is 11.7 Å². The van der Waals surface area contributed by atoms with Crippen molar-refractivity contribution in [1.29, 1.82) is 0 Å². The first kappa shape index (κ1) is 14.5. The van der Waals surface area contributed by atoms with Crippen molar-refractivity contribution in [3.05, 3.63) is 29.6 Å². The summed E-state index contributed by atoms with van der Waals surface area (Å²) < 4.78 is 0. The van der Waals surface area contributed by atoms with Crippen LogP contribution in [0.5, 0.6) is 0 Å². The Hall–Kier alpha value is -0.540. The van der Waals surface area contributed by atoms with Crippen LogP contribution < -0.4 is 0 Å². The lowest BCUT2D eigenvalue weighted by Crippen LogP contribution is -2.16. The number of aryl methyl sites for hydroxylation is 1. The molecule has 3 heteroatoms. The summed E-state index contributed by atoms with van der Waals surface area (Å²) in [6.45, 7) is 6.50.